The third kappa shape index (κ3) is 7.25. The van der Waals surface area contributed by atoms with E-state index >= 15 is 0 Å². The normalized spacial score (nSPS) is 16.5. The molecule has 0 aliphatic heterocycles. The van der Waals surface area contributed by atoms with E-state index in [1.807, 2.05) is 13.8 Å². The summed E-state index contributed by atoms with van der Waals surface area (Å²) in [6, 6.07) is 0.642. The summed E-state index contributed by atoms with van der Waals surface area (Å²) in [5.41, 5.74) is 0. The zero-order chi connectivity index (χ0) is 14.3. The van der Waals surface area contributed by atoms with Crippen LogP contribution in [-0.2, 0) is 14.8 Å². The fourth-order valence-corrected chi connectivity index (χ4v) is 3.57. The molecule has 1 aliphatic carbocycles. The minimum absolute atomic E-state index is 0.225. The van der Waals surface area contributed by atoms with Crippen LogP contribution in [0.15, 0.2) is 0 Å². The van der Waals surface area contributed by atoms with E-state index in [2.05, 4.69) is 5.32 Å². The van der Waals surface area contributed by atoms with Crippen LogP contribution in [0.4, 0.5) is 0 Å². The minimum Gasteiger partial charge on any atom is -0.383 e. The van der Waals surface area contributed by atoms with Gasteiger partial charge in [-0.2, -0.15) is 4.31 Å². The molecule has 0 atom stereocenters. The zero-order valence-corrected chi connectivity index (χ0v) is 13.2. The van der Waals surface area contributed by atoms with E-state index in [1.165, 1.54) is 12.8 Å². The number of ether oxygens (including phenoxy) is 1. The van der Waals surface area contributed by atoms with Gasteiger partial charge in [0.15, 0.2) is 0 Å². The second-order valence-corrected chi connectivity index (χ2v) is 7.73. The maximum absolute atomic E-state index is 12.3. The Hall–Kier alpha value is -0.170. The SMILES string of the molecule is COCCN(CC(C)C)S(=O)(=O)CCCNC1CC1. The van der Waals surface area contributed by atoms with Gasteiger partial charge in [0.1, 0.15) is 0 Å². The molecule has 0 bridgehead atoms. The van der Waals surface area contributed by atoms with Gasteiger partial charge in [-0.05, 0) is 31.7 Å². The van der Waals surface area contributed by atoms with E-state index in [9.17, 15) is 8.42 Å². The van der Waals surface area contributed by atoms with Crippen LogP contribution < -0.4 is 5.32 Å². The van der Waals surface area contributed by atoms with Crippen molar-refractivity contribution in [2.24, 2.45) is 5.92 Å². The third-order valence-corrected chi connectivity index (χ3v) is 5.02. The van der Waals surface area contributed by atoms with Gasteiger partial charge in [-0.3, -0.25) is 0 Å². The molecule has 0 aromatic carbocycles. The van der Waals surface area contributed by atoms with E-state index in [-0.39, 0.29) is 5.75 Å². The minimum atomic E-state index is -3.15. The fourth-order valence-electron chi connectivity index (χ4n) is 1.92. The van der Waals surface area contributed by atoms with E-state index in [0.717, 1.165) is 6.54 Å². The molecule has 1 N–H and O–H groups in total. The Kier molecular flexibility index (Phi) is 7.28. The van der Waals surface area contributed by atoms with Crippen LogP contribution in [0, 0.1) is 5.92 Å². The van der Waals surface area contributed by atoms with Crippen LogP contribution >= 0.6 is 0 Å². The number of hydrogen-bond donors (Lipinski definition) is 1. The number of hydrogen-bond acceptors (Lipinski definition) is 4. The number of sulfonamides is 1. The zero-order valence-electron chi connectivity index (χ0n) is 12.4. The van der Waals surface area contributed by atoms with E-state index in [1.54, 1.807) is 11.4 Å². The highest BCUT2D eigenvalue weighted by Crippen LogP contribution is 2.18. The molecule has 0 aromatic heterocycles. The first-order chi connectivity index (χ1) is 8.95. The molecule has 1 saturated carbocycles. The summed E-state index contributed by atoms with van der Waals surface area (Å²) < 4.78 is 31.1. The maximum Gasteiger partial charge on any atom is 0.214 e. The van der Waals surface area contributed by atoms with Crippen LogP contribution in [0.5, 0.6) is 0 Å². The Labute approximate surface area is 117 Å². The largest absolute Gasteiger partial charge is 0.383 e. The third-order valence-electron chi connectivity index (χ3n) is 3.10. The van der Waals surface area contributed by atoms with Crippen molar-refractivity contribution in [1.29, 1.82) is 0 Å². The highest BCUT2D eigenvalue weighted by atomic mass is 32.2. The molecule has 19 heavy (non-hydrogen) atoms. The van der Waals surface area contributed by atoms with Crippen molar-refractivity contribution in [3.05, 3.63) is 0 Å². The Morgan fingerprint density at radius 1 is 1.37 bits per heavy atom. The average molecular weight is 292 g/mol. The topological polar surface area (TPSA) is 58.6 Å². The number of methoxy groups -OCH3 is 1. The van der Waals surface area contributed by atoms with Crippen LogP contribution in [0.1, 0.15) is 33.1 Å². The van der Waals surface area contributed by atoms with Gasteiger partial charge in [0.05, 0.1) is 12.4 Å². The van der Waals surface area contributed by atoms with Gasteiger partial charge in [0, 0.05) is 26.2 Å². The van der Waals surface area contributed by atoms with Crippen molar-refractivity contribution < 1.29 is 13.2 Å². The monoisotopic (exact) mass is 292 g/mol. The molecule has 114 valence electrons. The van der Waals surface area contributed by atoms with Crippen molar-refractivity contribution >= 4 is 10.0 Å². The first-order valence-corrected chi connectivity index (χ1v) is 8.76. The van der Waals surface area contributed by atoms with Crippen molar-refractivity contribution in [1.82, 2.24) is 9.62 Å². The lowest BCUT2D eigenvalue weighted by atomic mass is 10.2. The Balaban J connectivity index is 2.37. The molecule has 0 unspecified atom stereocenters. The van der Waals surface area contributed by atoms with Gasteiger partial charge < -0.3 is 10.1 Å². The van der Waals surface area contributed by atoms with Crippen LogP contribution in [0.25, 0.3) is 0 Å². The number of nitrogens with one attached hydrogen (secondary N) is 1. The summed E-state index contributed by atoms with van der Waals surface area (Å²) in [4.78, 5) is 0. The average Bonchev–Trinajstić information content (AvgIpc) is 3.13. The number of nitrogens with zero attached hydrogens (tertiary/aromatic N) is 1. The lowest BCUT2D eigenvalue weighted by Gasteiger charge is -2.23. The van der Waals surface area contributed by atoms with Crippen LogP contribution in [-0.4, -0.2) is 57.9 Å². The van der Waals surface area contributed by atoms with Crippen LogP contribution in [0.3, 0.4) is 0 Å². The molecule has 0 aromatic rings. The summed E-state index contributed by atoms with van der Waals surface area (Å²) >= 11 is 0. The highest BCUT2D eigenvalue weighted by molar-refractivity contribution is 7.89. The molecule has 0 spiro atoms. The summed E-state index contributed by atoms with van der Waals surface area (Å²) in [5.74, 6) is 0.555. The predicted molar refractivity (Wildman–Crippen MR) is 77.7 cm³/mol. The van der Waals surface area contributed by atoms with Crippen molar-refractivity contribution in [2.75, 3.05) is 39.1 Å². The predicted octanol–water partition coefficient (Wildman–Crippen LogP) is 1.06. The summed E-state index contributed by atoms with van der Waals surface area (Å²) in [5, 5.41) is 3.34. The molecule has 5 nitrogen and oxygen atoms in total. The molecule has 1 aliphatic rings. The molecule has 1 rings (SSSR count). The van der Waals surface area contributed by atoms with Crippen molar-refractivity contribution in [3.8, 4) is 0 Å². The van der Waals surface area contributed by atoms with Gasteiger partial charge in [-0.25, -0.2) is 8.42 Å². The quantitative estimate of drug-likeness (QED) is 0.579. The fraction of sp³-hybridized carbons (Fsp3) is 1.00. The molecular formula is C13H28N2O3S. The summed E-state index contributed by atoms with van der Waals surface area (Å²) in [7, 11) is -1.56. The van der Waals surface area contributed by atoms with Gasteiger partial charge in [-0.15, -0.1) is 0 Å². The lowest BCUT2D eigenvalue weighted by molar-refractivity contribution is 0.175. The molecule has 1 fully saturated rings. The first-order valence-electron chi connectivity index (χ1n) is 7.16. The van der Waals surface area contributed by atoms with Crippen LogP contribution in [0.2, 0.25) is 0 Å². The summed E-state index contributed by atoms with van der Waals surface area (Å²) in [6.45, 7) is 6.33. The van der Waals surface area contributed by atoms with Crippen molar-refractivity contribution in [2.45, 2.75) is 39.2 Å². The second kappa shape index (κ2) is 8.19. The Bertz CT molecular complexity index is 340. The standard InChI is InChI=1S/C13H28N2O3S/c1-12(2)11-15(8-9-18-3)19(16,17)10-4-7-14-13-5-6-13/h12-14H,4-11H2,1-3H3. The maximum atomic E-state index is 12.3. The van der Waals surface area contributed by atoms with Gasteiger partial charge in [0.25, 0.3) is 0 Å². The molecule has 0 amide bonds. The Morgan fingerprint density at radius 3 is 2.58 bits per heavy atom. The first kappa shape index (κ1) is 16.9. The molecular weight excluding hydrogens is 264 g/mol. The van der Waals surface area contributed by atoms with E-state index in [0.29, 0.717) is 38.1 Å². The number of rotatable bonds is 11. The molecule has 0 heterocycles. The van der Waals surface area contributed by atoms with Gasteiger partial charge in [-0.1, -0.05) is 13.8 Å². The Morgan fingerprint density at radius 2 is 2.05 bits per heavy atom. The molecule has 0 radical (unpaired) electrons. The van der Waals surface area contributed by atoms with Gasteiger partial charge >= 0.3 is 0 Å². The summed E-state index contributed by atoms with van der Waals surface area (Å²) in [6.07, 6.45) is 3.15. The lowest BCUT2D eigenvalue weighted by Crippen LogP contribution is -2.38. The van der Waals surface area contributed by atoms with E-state index in [4.69, 9.17) is 4.74 Å². The molecule has 0 saturated heterocycles. The smallest absolute Gasteiger partial charge is 0.214 e. The molecule has 6 heteroatoms. The second-order valence-electron chi connectivity index (χ2n) is 5.64. The van der Waals surface area contributed by atoms with Gasteiger partial charge in [0.2, 0.25) is 10.0 Å². The van der Waals surface area contributed by atoms with E-state index < -0.39 is 10.0 Å². The highest BCUT2D eigenvalue weighted by Gasteiger charge is 2.23. The van der Waals surface area contributed by atoms with Crippen molar-refractivity contribution in [3.63, 3.8) is 0 Å².